The van der Waals surface area contributed by atoms with Gasteiger partial charge in [-0.15, -0.1) is 0 Å². The molecule has 0 radical (unpaired) electrons. The molecule has 3 heteroatoms. The Kier molecular flexibility index (Phi) is 4.59. The molecule has 100 valence electrons. The summed E-state index contributed by atoms with van der Waals surface area (Å²) in [5.74, 6) is 0. The van der Waals surface area contributed by atoms with E-state index in [0.29, 0.717) is 6.04 Å². The zero-order valence-electron chi connectivity index (χ0n) is 11.6. The van der Waals surface area contributed by atoms with Gasteiger partial charge in [0.15, 0.2) is 0 Å². The quantitative estimate of drug-likeness (QED) is 0.888. The van der Waals surface area contributed by atoms with E-state index in [9.17, 15) is 0 Å². The van der Waals surface area contributed by atoms with Gasteiger partial charge < -0.3 is 10.6 Å². The summed E-state index contributed by atoms with van der Waals surface area (Å²) in [7, 11) is 2.19. The topological polar surface area (TPSA) is 42.1 Å². The van der Waals surface area contributed by atoms with Gasteiger partial charge in [0.05, 0.1) is 17.6 Å². The highest BCUT2D eigenvalue weighted by Crippen LogP contribution is 2.26. The molecule has 1 aromatic rings. The second-order valence-electron chi connectivity index (χ2n) is 5.36. The number of rotatable bonds is 4. The molecule has 0 bridgehead atoms. The maximum atomic E-state index is 5.99. The molecule has 1 fully saturated rings. The van der Waals surface area contributed by atoms with Crippen LogP contribution in [-0.2, 0) is 0 Å². The Hall–Kier alpha value is -1.09. The SMILES string of the molecule is CCC(N)c1ccc(N(C)C2CCCCC2)cn1. The van der Waals surface area contributed by atoms with Crippen molar-refractivity contribution in [3.05, 3.63) is 24.0 Å². The summed E-state index contributed by atoms with van der Waals surface area (Å²) in [4.78, 5) is 6.88. The molecule has 0 amide bonds. The van der Waals surface area contributed by atoms with Crippen molar-refractivity contribution < 1.29 is 0 Å². The van der Waals surface area contributed by atoms with Crippen LogP contribution < -0.4 is 10.6 Å². The van der Waals surface area contributed by atoms with Crippen LogP contribution in [-0.4, -0.2) is 18.1 Å². The molecular formula is C15H25N3. The maximum absolute atomic E-state index is 5.99. The Morgan fingerprint density at radius 3 is 2.61 bits per heavy atom. The van der Waals surface area contributed by atoms with Gasteiger partial charge in [0.2, 0.25) is 0 Å². The first-order valence-electron chi connectivity index (χ1n) is 7.16. The molecule has 2 N–H and O–H groups in total. The maximum Gasteiger partial charge on any atom is 0.0572 e. The van der Waals surface area contributed by atoms with Crippen molar-refractivity contribution in [2.24, 2.45) is 5.73 Å². The van der Waals surface area contributed by atoms with Crippen molar-refractivity contribution in [1.29, 1.82) is 0 Å². The zero-order valence-corrected chi connectivity index (χ0v) is 11.6. The van der Waals surface area contributed by atoms with Gasteiger partial charge in [0.1, 0.15) is 0 Å². The number of nitrogens with two attached hydrogens (primary N) is 1. The second-order valence-corrected chi connectivity index (χ2v) is 5.36. The largest absolute Gasteiger partial charge is 0.370 e. The standard InChI is InChI=1S/C15H25N3/c1-3-14(16)15-10-9-13(11-17-15)18(2)12-7-5-4-6-8-12/h9-12,14H,3-8,16H2,1-2H3. The van der Waals surface area contributed by atoms with E-state index in [1.54, 1.807) is 0 Å². The molecule has 1 saturated carbocycles. The Labute approximate surface area is 110 Å². The first kappa shape index (κ1) is 13.3. The summed E-state index contributed by atoms with van der Waals surface area (Å²) in [6.07, 6.45) is 9.65. The van der Waals surface area contributed by atoms with Gasteiger partial charge in [0, 0.05) is 19.1 Å². The van der Waals surface area contributed by atoms with E-state index in [-0.39, 0.29) is 6.04 Å². The molecule has 1 heterocycles. The van der Waals surface area contributed by atoms with Gasteiger partial charge >= 0.3 is 0 Å². The molecule has 2 rings (SSSR count). The van der Waals surface area contributed by atoms with Crippen LogP contribution in [0.5, 0.6) is 0 Å². The van der Waals surface area contributed by atoms with Crippen molar-refractivity contribution >= 4 is 5.69 Å². The van der Waals surface area contributed by atoms with E-state index in [1.165, 1.54) is 37.8 Å². The molecule has 0 spiro atoms. The Morgan fingerprint density at radius 1 is 1.33 bits per heavy atom. The highest BCUT2D eigenvalue weighted by molar-refractivity contribution is 5.45. The Bertz CT molecular complexity index is 355. The average Bonchev–Trinajstić information content (AvgIpc) is 2.47. The molecule has 1 aliphatic rings. The third-order valence-corrected chi connectivity index (χ3v) is 4.12. The summed E-state index contributed by atoms with van der Waals surface area (Å²) in [6.45, 7) is 2.09. The van der Waals surface area contributed by atoms with Gasteiger partial charge in [-0.2, -0.15) is 0 Å². The van der Waals surface area contributed by atoms with E-state index in [4.69, 9.17) is 5.73 Å². The molecule has 0 aromatic carbocycles. The van der Waals surface area contributed by atoms with E-state index in [1.807, 2.05) is 6.20 Å². The fraction of sp³-hybridized carbons (Fsp3) is 0.667. The van der Waals surface area contributed by atoms with Crippen LogP contribution in [0, 0.1) is 0 Å². The third-order valence-electron chi connectivity index (χ3n) is 4.12. The minimum absolute atomic E-state index is 0.0686. The van der Waals surface area contributed by atoms with Gasteiger partial charge in [0.25, 0.3) is 0 Å². The summed E-state index contributed by atoms with van der Waals surface area (Å²) in [5.41, 5.74) is 8.20. The van der Waals surface area contributed by atoms with Crippen molar-refractivity contribution in [1.82, 2.24) is 4.98 Å². The average molecular weight is 247 g/mol. The van der Waals surface area contributed by atoms with E-state index >= 15 is 0 Å². The molecule has 3 nitrogen and oxygen atoms in total. The number of hydrogen-bond donors (Lipinski definition) is 1. The van der Waals surface area contributed by atoms with Crippen molar-refractivity contribution in [2.45, 2.75) is 57.5 Å². The lowest BCUT2D eigenvalue weighted by Gasteiger charge is -2.32. The van der Waals surface area contributed by atoms with E-state index < -0.39 is 0 Å². The minimum atomic E-state index is 0.0686. The van der Waals surface area contributed by atoms with Gasteiger partial charge in [-0.05, 0) is 31.4 Å². The molecule has 18 heavy (non-hydrogen) atoms. The predicted octanol–water partition coefficient (Wildman–Crippen LogP) is 3.26. The highest BCUT2D eigenvalue weighted by Gasteiger charge is 2.18. The highest BCUT2D eigenvalue weighted by atomic mass is 15.1. The van der Waals surface area contributed by atoms with Crippen LogP contribution in [0.2, 0.25) is 0 Å². The lowest BCUT2D eigenvalue weighted by atomic mass is 9.94. The lowest BCUT2D eigenvalue weighted by Crippen LogP contribution is -2.33. The van der Waals surface area contributed by atoms with Crippen LogP contribution >= 0.6 is 0 Å². The van der Waals surface area contributed by atoms with Crippen LogP contribution in [0.4, 0.5) is 5.69 Å². The second kappa shape index (κ2) is 6.19. The van der Waals surface area contributed by atoms with Crippen molar-refractivity contribution in [2.75, 3.05) is 11.9 Å². The monoisotopic (exact) mass is 247 g/mol. The van der Waals surface area contributed by atoms with Crippen molar-refractivity contribution in [3.63, 3.8) is 0 Å². The number of hydrogen-bond acceptors (Lipinski definition) is 3. The number of aromatic nitrogens is 1. The van der Waals surface area contributed by atoms with Crippen LogP contribution in [0.1, 0.15) is 57.2 Å². The molecule has 1 unspecified atom stereocenters. The first-order chi connectivity index (χ1) is 8.72. The van der Waals surface area contributed by atoms with Gasteiger partial charge in [-0.25, -0.2) is 0 Å². The normalized spacial score (nSPS) is 18.6. The molecule has 1 aromatic heterocycles. The van der Waals surface area contributed by atoms with Gasteiger partial charge in [-0.1, -0.05) is 26.2 Å². The smallest absolute Gasteiger partial charge is 0.0572 e. The zero-order chi connectivity index (χ0) is 13.0. The number of nitrogens with zero attached hydrogens (tertiary/aromatic N) is 2. The van der Waals surface area contributed by atoms with E-state index in [0.717, 1.165) is 12.1 Å². The minimum Gasteiger partial charge on any atom is -0.370 e. The van der Waals surface area contributed by atoms with Gasteiger partial charge in [-0.3, -0.25) is 4.98 Å². The summed E-state index contributed by atoms with van der Waals surface area (Å²) in [6, 6.07) is 4.99. The van der Waals surface area contributed by atoms with Crippen LogP contribution in [0.25, 0.3) is 0 Å². The molecular weight excluding hydrogens is 222 g/mol. The molecule has 0 aliphatic heterocycles. The molecule has 1 atom stereocenters. The third kappa shape index (κ3) is 3.02. The molecule has 1 aliphatic carbocycles. The van der Waals surface area contributed by atoms with Crippen molar-refractivity contribution in [3.8, 4) is 0 Å². The fourth-order valence-corrected chi connectivity index (χ4v) is 2.71. The summed E-state index contributed by atoms with van der Waals surface area (Å²) >= 11 is 0. The lowest BCUT2D eigenvalue weighted by molar-refractivity contribution is 0.427. The van der Waals surface area contributed by atoms with E-state index in [2.05, 4.69) is 36.0 Å². The van der Waals surface area contributed by atoms with Crippen LogP contribution in [0.15, 0.2) is 18.3 Å². The Balaban J connectivity index is 2.03. The Morgan fingerprint density at radius 2 is 2.06 bits per heavy atom. The van der Waals surface area contributed by atoms with Crippen LogP contribution in [0.3, 0.4) is 0 Å². The fourth-order valence-electron chi connectivity index (χ4n) is 2.71. The molecule has 0 saturated heterocycles. The number of anilines is 1. The summed E-state index contributed by atoms with van der Waals surface area (Å²) < 4.78 is 0. The first-order valence-corrected chi connectivity index (χ1v) is 7.16. The summed E-state index contributed by atoms with van der Waals surface area (Å²) in [5, 5.41) is 0. The number of pyridine rings is 1. The predicted molar refractivity (Wildman–Crippen MR) is 76.7 cm³/mol.